The van der Waals surface area contributed by atoms with Crippen molar-refractivity contribution in [2.24, 2.45) is 11.7 Å². The van der Waals surface area contributed by atoms with Crippen LogP contribution in [-0.4, -0.2) is 42.3 Å². The summed E-state index contributed by atoms with van der Waals surface area (Å²) in [5.74, 6) is -1.69. The Labute approximate surface area is 94.1 Å². The molecular formula is C10H18N2O4. The standard InChI is InChI=1S/C10H18N2O4/c1-2-7(5-11)8(13)12-10(9(14)15)3-4-16-6-10/h7H,2-6,11H2,1H3,(H,12,13)(H,14,15). The van der Waals surface area contributed by atoms with Gasteiger partial charge in [-0.1, -0.05) is 6.92 Å². The highest BCUT2D eigenvalue weighted by molar-refractivity contribution is 5.88. The number of carboxylic acid groups (broad SMARTS) is 1. The SMILES string of the molecule is CCC(CN)C(=O)NC1(C(=O)O)CCOC1. The maximum absolute atomic E-state index is 11.8. The van der Waals surface area contributed by atoms with Crippen LogP contribution in [0.15, 0.2) is 0 Å². The van der Waals surface area contributed by atoms with Crippen LogP contribution in [0.3, 0.4) is 0 Å². The summed E-state index contributed by atoms with van der Waals surface area (Å²) < 4.78 is 5.04. The van der Waals surface area contributed by atoms with Crippen molar-refractivity contribution in [2.75, 3.05) is 19.8 Å². The monoisotopic (exact) mass is 230 g/mol. The Bertz CT molecular complexity index is 270. The lowest BCUT2D eigenvalue weighted by Gasteiger charge is -2.25. The number of rotatable bonds is 5. The van der Waals surface area contributed by atoms with Crippen molar-refractivity contribution < 1.29 is 19.4 Å². The van der Waals surface area contributed by atoms with Crippen LogP contribution in [0.5, 0.6) is 0 Å². The molecule has 2 unspecified atom stereocenters. The molecule has 1 rings (SSSR count). The van der Waals surface area contributed by atoms with Crippen molar-refractivity contribution in [3.05, 3.63) is 0 Å². The molecule has 16 heavy (non-hydrogen) atoms. The maximum Gasteiger partial charge on any atom is 0.331 e. The zero-order valence-corrected chi connectivity index (χ0v) is 9.36. The van der Waals surface area contributed by atoms with Crippen LogP contribution in [0.1, 0.15) is 19.8 Å². The van der Waals surface area contributed by atoms with Crippen LogP contribution < -0.4 is 11.1 Å². The van der Waals surface area contributed by atoms with E-state index in [4.69, 9.17) is 15.6 Å². The second-order valence-electron chi connectivity index (χ2n) is 4.02. The van der Waals surface area contributed by atoms with Gasteiger partial charge in [-0.2, -0.15) is 0 Å². The van der Waals surface area contributed by atoms with Gasteiger partial charge in [0.1, 0.15) is 0 Å². The summed E-state index contributed by atoms with van der Waals surface area (Å²) in [4.78, 5) is 22.9. The minimum Gasteiger partial charge on any atom is -0.479 e. The molecule has 1 amide bonds. The molecule has 1 aliphatic heterocycles. The zero-order chi connectivity index (χ0) is 12.2. The number of nitrogens with one attached hydrogen (secondary N) is 1. The summed E-state index contributed by atoms with van der Waals surface area (Å²) >= 11 is 0. The second kappa shape index (κ2) is 5.27. The molecule has 2 atom stereocenters. The van der Waals surface area contributed by atoms with E-state index < -0.39 is 11.5 Å². The Morgan fingerprint density at radius 2 is 2.31 bits per heavy atom. The molecule has 0 aromatic heterocycles. The Morgan fingerprint density at radius 3 is 2.69 bits per heavy atom. The van der Waals surface area contributed by atoms with E-state index in [2.05, 4.69) is 5.32 Å². The van der Waals surface area contributed by atoms with Gasteiger partial charge < -0.3 is 20.9 Å². The lowest BCUT2D eigenvalue weighted by atomic mass is 9.96. The van der Waals surface area contributed by atoms with Gasteiger partial charge in [0.05, 0.1) is 6.61 Å². The fraction of sp³-hybridized carbons (Fsp3) is 0.800. The number of nitrogens with two attached hydrogens (primary N) is 1. The highest BCUT2D eigenvalue weighted by atomic mass is 16.5. The van der Waals surface area contributed by atoms with Crippen molar-refractivity contribution in [1.82, 2.24) is 5.32 Å². The third-order valence-electron chi connectivity index (χ3n) is 2.94. The Kier molecular flexibility index (Phi) is 4.26. The molecule has 1 heterocycles. The predicted octanol–water partition coefficient (Wildman–Crippen LogP) is -0.669. The van der Waals surface area contributed by atoms with Crippen molar-refractivity contribution in [3.63, 3.8) is 0 Å². The Balaban J connectivity index is 2.69. The van der Waals surface area contributed by atoms with E-state index >= 15 is 0 Å². The highest BCUT2D eigenvalue weighted by Gasteiger charge is 2.44. The van der Waals surface area contributed by atoms with Crippen LogP contribution in [0.25, 0.3) is 0 Å². The first-order valence-corrected chi connectivity index (χ1v) is 5.39. The molecule has 0 aromatic carbocycles. The number of carbonyl (C=O) groups is 2. The van der Waals surface area contributed by atoms with Gasteiger partial charge in [-0.25, -0.2) is 4.79 Å². The normalized spacial score (nSPS) is 26.4. The van der Waals surface area contributed by atoms with Gasteiger partial charge in [-0.3, -0.25) is 4.79 Å². The van der Waals surface area contributed by atoms with E-state index in [1.807, 2.05) is 6.92 Å². The van der Waals surface area contributed by atoms with Crippen LogP contribution in [0.2, 0.25) is 0 Å². The molecule has 0 saturated carbocycles. The van der Waals surface area contributed by atoms with Crippen molar-refractivity contribution >= 4 is 11.9 Å². The Hall–Kier alpha value is -1.14. The number of hydrogen-bond acceptors (Lipinski definition) is 4. The van der Waals surface area contributed by atoms with E-state index in [1.54, 1.807) is 0 Å². The largest absolute Gasteiger partial charge is 0.479 e. The minimum atomic E-state index is -1.26. The molecule has 6 heteroatoms. The fourth-order valence-corrected chi connectivity index (χ4v) is 1.68. The van der Waals surface area contributed by atoms with Crippen LogP contribution in [-0.2, 0) is 14.3 Å². The van der Waals surface area contributed by atoms with E-state index in [1.165, 1.54) is 0 Å². The first-order valence-electron chi connectivity index (χ1n) is 5.39. The van der Waals surface area contributed by atoms with Gasteiger partial charge in [-0.15, -0.1) is 0 Å². The van der Waals surface area contributed by atoms with E-state index in [0.29, 0.717) is 19.4 Å². The van der Waals surface area contributed by atoms with Gasteiger partial charge in [0.25, 0.3) is 0 Å². The van der Waals surface area contributed by atoms with Gasteiger partial charge in [0.2, 0.25) is 5.91 Å². The van der Waals surface area contributed by atoms with Crippen LogP contribution in [0.4, 0.5) is 0 Å². The first kappa shape index (κ1) is 12.9. The smallest absolute Gasteiger partial charge is 0.331 e. The number of amides is 1. The minimum absolute atomic E-state index is 0.0229. The molecule has 0 aliphatic carbocycles. The molecule has 1 aliphatic rings. The second-order valence-corrected chi connectivity index (χ2v) is 4.02. The van der Waals surface area contributed by atoms with Crippen LogP contribution in [0, 0.1) is 5.92 Å². The first-order chi connectivity index (χ1) is 7.55. The quantitative estimate of drug-likeness (QED) is 0.581. The highest BCUT2D eigenvalue weighted by Crippen LogP contribution is 2.19. The van der Waals surface area contributed by atoms with Crippen molar-refractivity contribution in [2.45, 2.75) is 25.3 Å². The average Bonchev–Trinajstić information content (AvgIpc) is 2.69. The molecule has 6 nitrogen and oxygen atoms in total. The lowest BCUT2D eigenvalue weighted by Crippen LogP contribution is -2.57. The number of ether oxygens (including phenoxy) is 1. The summed E-state index contributed by atoms with van der Waals surface area (Å²) in [6.45, 7) is 2.44. The van der Waals surface area contributed by atoms with Gasteiger partial charge in [0, 0.05) is 25.5 Å². The molecule has 4 N–H and O–H groups in total. The fourth-order valence-electron chi connectivity index (χ4n) is 1.68. The van der Waals surface area contributed by atoms with Crippen molar-refractivity contribution in [3.8, 4) is 0 Å². The number of hydrogen-bond donors (Lipinski definition) is 3. The topological polar surface area (TPSA) is 102 Å². The summed E-state index contributed by atoms with van der Waals surface area (Å²) in [7, 11) is 0. The van der Waals surface area contributed by atoms with E-state index in [-0.39, 0.29) is 25.0 Å². The maximum atomic E-state index is 11.8. The predicted molar refractivity (Wildman–Crippen MR) is 56.8 cm³/mol. The average molecular weight is 230 g/mol. The molecule has 92 valence electrons. The molecule has 0 radical (unpaired) electrons. The number of carboxylic acids is 1. The van der Waals surface area contributed by atoms with Gasteiger partial charge in [0.15, 0.2) is 5.54 Å². The molecule has 0 bridgehead atoms. The molecule has 0 spiro atoms. The number of aliphatic carboxylic acids is 1. The number of carbonyl (C=O) groups excluding carboxylic acids is 1. The summed E-state index contributed by atoms with van der Waals surface area (Å²) in [6.07, 6.45) is 0.897. The third kappa shape index (κ3) is 2.51. The Morgan fingerprint density at radius 1 is 1.62 bits per heavy atom. The van der Waals surface area contributed by atoms with Crippen molar-refractivity contribution in [1.29, 1.82) is 0 Å². The summed E-state index contributed by atoms with van der Waals surface area (Å²) in [6, 6.07) is 0. The lowest BCUT2D eigenvalue weighted by molar-refractivity contribution is -0.148. The van der Waals surface area contributed by atoms with Crippen LogP contribution >= 0.6 is 0 Å². The van der Waals surface area contributed by atoms with Gasteiger partial charge in [-0.05, 0) is 6.42 Å². The van der Waals surface area contributed by atoms with E-state index in [9.17, 15) is 9.59 Å². The molecule has 0 aromatic rings. The molecule has 1 saturated heterocycles. The summed E-state index contributed by atoms with van der Waals surface area (Å²) in [5.41, 5.74) is 4.17. The summed E-state index contributed by atoms with van der Waals surface area (Å²) in [5, 5.41) is 11.7. The van der Waals surface area contributed by atoms with Gasteiger partial charge >= 0.3 is 5.97 Å². The van der Waals surface area contributed by atoms with E-state index in [0.717, 1.165) is 0 Å². The molecular weight excluding hydrogens is 212 g/mol. The zero-order valence-electron chi connectivity index (χ0n) is 9.36. The molecule has 1 fully saturated rings. The third-order valence-corrected chi connectivity index (χ3v) is 2.94.